The number of pyridine rings is 1. The van der Waals surface area contributed by atoms with Crippen LogP contribution in [0.1, 0.15) is 26.3 Å². The molecule has 0 atom stereocenters. The molecule has 0 aliphatic carbocycles. The maximum absolute atomic E-state index is 12.4. The van der Waals surface area contributed by atoms with Crippen molar-refractivity contribution in [3.8, 4) is 17.0 Å². The van der Waals surface area contributed by atoms with E-state index in [0.29, 0.717) is 5.56 Å². The first-order valence-corrected chi connectivity index (χ1v) is 6.34. The number of benzene rings is 1. The number of hydrogen-bond acceptors (Lipinski definition) is 2. The maximum atomic E-state index is 12.4. The summed E-state index contributed by atoms with van der Waals surface area (Å²) in [7, 11) is 0. The number of rotatable bonds is 1. The summed E-state index contributed by atoms with van der Waals surface area (Å²) < 4.78 is 1.73. The lowest BCUT2D eigenvalue weighted by Crippen LogP contribution is -2.36. The van der Waals surface area contributed by atoms with Gasteiger partial charge in [0.15, 0.2) is 0 Å². The third-order valence-electron chi connectivity index (χ3n) is 3.16. The van der Waals surface area contributed by atoms with Gasteiger partial charge in [0.05, 0.1) is 11.3 Å². The highest BCUT2D eigenvalue weighted by atomic mass is 16.3. The highest BCUT2D eigenvalue weighted by Gasteiger charge is 2.22. The Morgan fingerprint density at radius 1 is 1.11 bits per heavy atom. The molecule has 1 aromatic carbocycles. The molecule has 2 aromatic rings. The average molecular weight is 257 g/mol. The van der Waals surface area contributed by atoms with Crippen LogP contribution in [0.4, 0.5) is 0 Å². The molecule has 0 fully saturated rings. The van der Waals surface area contributed by atoms with Crippen molar-refractivity contribution in [3.05, 3.63) is 52.3 Å². The molecule has 0 spiro atoms. The minimum atomic E-state index is -0.347. The van der Waals surface area contributed by atoms with Crippen LogP contribution in [0.25, 0.3) is 11.3 Å². The molecule has 0 aliphatic rings. The second-order valence-corrected chi connectivity index (χ2v) is 5.72. The molecule has 3 nitrogen and oxygen atoms in total. The zero-order valence-electron chi connectivity index (χ0n) is 11.8. The largest absolute Gasteiger partial charge is 0.507 e. The van der Waals surface area contributed by atoms with Crippen molar-refractivity contribution in [1.29, 1.82) is 0 Å². The van der Waals surface area contributed by atoms with Crippen LogP contribution >= 0.6 is 0 Å². The normalized spacial score (nSPS) is 11.6. The van der Waals surface area contributed by atoms with Crippen LogP contribution in [0.3, 0.4) is 0 Å². The van der Waals surface area contributed by atoms with Crippen LogP contribution in [-0.4, -0.2) is 9.67 Å². The van der Waals surface area contributed by atoms with Crippen LogP contribution in [0, 0.1) is 6.92 Å². The van der Waals surface area contributed by atoms with E-state index in [1.54, 1.807) is 17.6 Å². The van der Waals surface area contributed by atoms with Gasteiger partial charge in [-0.2, -0.15) is 0 Å². The number of nitrogens with zero attached hydrogens (tertiary/aromatic N) is 1. The van der Waals surface area contributed by atoms with E-state index < -0.39 is 0 Å². The first-order valence-electron chi connectivity index (χ1n) is 6.34. The quantitative estimate of drug-likeness (QED) is 0.851. The summed E-state index contributed by atoms with van der Waals surface area (Å²) in [6, 6.07) is 11.3. The first kappa shape index (κ1) is 13.4. The van der Waals surface area contributed by atoms with Crippen molar-refractivity contribution < 1.29 is 5.11 Å². The smallest absolute Gasteiger partial charge is 0.258 e. The van der Waals surface area contributed by atoms with Gasteiger partial charge in [-0.1, -0.05) is 30.3 Å². The van der Waals surface area contributed by atoms with E-state index in [9.17, 15) is 9.90 Å². The summed E-state index contributed by atoms with van der Waals surface area (Å²) in [4.78, 5) is 12.4. The fraction of sp³-hybridized carbons (Fsp3) is 0.312. The van der Waals surface area contributed by atoms with Crippen molar-refractivity contribution >= 4 is 0 Å². The Morgan fingerprint density at radius 2 is 1.68 bits per heavy atom. The summed E-state index contributed by atoms with van der Waals surface area (Å²) >= 11 is 0. The topological polar surface area (TPSA) is 42.2 Å². The highest BCUT2D eigenvalue weighted by Crippen LogP contribution is 2.28. The van der Waals surface area contributed by atoms with Crippen molar-refractivity contribution in [3.63, 3.8) is 0 Å². The molecule has 0 amide bonds. The molecule has 0 aliphatic heterocycles. The Morgan fingerprint density at radius 3 is 2.21 bits per heavy atom. The van der Waals surface area contributed by atoms with E-state index in [1.807, 2.05) is 51.1 Å². The molecule has 1 heterocycles. The molecule has 19 heavy (non-hydrogen) atoms. The van der Waals surface area contributed by atoms with E-state index in [4.69, 9.17) is 0 Å². The average Bonchev–Trinajstić information content (AvgIpc) is 2.35. The second kappa shape index (κ2) is 4.57. The van der Waals surface area contributed by atoms with Crippen LogP contribution < -0.4 is 5.56 Å². The summed E-state index contributed by atoms with van der Waals surface area (Å²) in [6.07, 6.45) is 0. The van der Waals surface area contributed by atoms with Gasteiger partial charge in [-0.3, -0.25) is 4.79 Å². The molecule has 1 N–H and O–H groups in total. The Labute approximate surface area is 113 Å². The predicted octanol–water partition coefficient (Wildman–Crippen LogP) is 3.28. The summed E-state index contributed by atoms with van der Waals surface area (Å²) in [5.74, 6) is 0.0457. The van der Waals surface area contributed by atoms with E-state index >= 15 is 0 Å². The van der Waals surface area contributed by atoms with Gasteiger partial charge in [-0.25, -0.2) is 0 Å². The van der Waals surface area contributed by atoms with Gasteiger partial charge in [0.1, 0.15) is 5.75 Å². The standard InChI is InChI=1S/C16H19NO2/c1-11-14(18)10-13(12-8-6-5-7-9-12)17(15(11)19)16(2,3)4/h5-10,18H,1-4H3. The molecule has 0 unspecified atom stereocenters. The lowest BCUT2D eigenvalue weighted by atomic mass is 10.0. The van der Waals surface area contributed by atoms with Gasteiger partial charge in [-0.15, -0.1) is 0 Å². The van der Waals surface area contributed by atoms with Gasteiger partial charge in [-0.05, 0) is 33.3 Å². The van der Waals surface area contributed by atoms with Crippen LogP contribution in [0.15, 0.2) is 41.2 Å². The predicted molar refractivity (Wildman–Crippen MR) is 77.5 cm³/mol. The minimum Gasteiger partial charge on any atom is -0.507 e. The van der Waals surface area contributed by atoms with Crippen molar-refractivity contribution in [1.82, 2.24) is 4.57 Å². The van der Waals surface area contributed by atoms with E-state index in [2.05, 4.69) is 0 Å². The number of aromatic nitrogens is 1. The van der Waals surface area contributed by atoms with Gasteiger partial charge in [0, 0.05) is 11.6 Å². The fourth-order valence-electron chi connectivity index (χ4n) is 2.18. The molecule has 0 radical (unpaired) electrons. The third kappa shape index (κ3) is 2.41. The first-order chi connectivity index (χ1) is 8.82. The van der Waals surface area contributed by atoms with Crippen molar-refractivity contribution in [2.45, 2.75) is 33.2 Å². The zero-order valence-corrected chi connectivity index (χ0v) is 11.8. The molecule has 100 valence electrons. The van der Waals surface area contributed by atoms with E-state index in [0.717, 1.165) is 11.3 Å². The SMILES string of the molecule is Cc1c(O)cc(-c2ccccc2)n(C(C)(C)C)c1=O. The van der Waals surface area contributed by atoms with Gasteiger partial charge in [0.25, 0.3) is 5.56 Å². The summed E-state index contributed by atoms with van der Waals surface area (Å²) in [6.45, 7) is 7.60. The molecule has 0 saturated carbocycles. The molecule has 1 aromatic heterocycles. The van der Waals surface area contributed by atoms with Crippen molar-refractivity contribution in [2.75, 3.05) is 0 Å². The maximum Gasteiger partial charge on any atom is 0.258 e. The second-order valence-electron chi connectivity index (χ2n) is 5.72. The van der Waals surface area contributed by atoms with Gasteiger partial charge in [0.2, 0.25) is 0 Å². The molecule has 0 saturated heterocycles. The molecule has 3 heteroatoms. The van der Waals surface area contributed by atoms with Crippen LogP contribution in [0.5, 0.6) is 5.75 Å². The third-order valence-corrected chi connectivity index (χ3v) is 3.16. The van der Waals surface area contributed by atoms with E-state index in [-0.39, 0.29) is 16.8 Å². The monoisotopic (exact) mass is 257 g/mol. The molecule has 2 rings (SSSR count). The summed E-state index contributed by atoms with van der Waals surface area (Å²) in [5, 5.41) is 9.92. The van der Waals surface area contributed by atoms with Crippen LogP contribution in [-0.2, 0) is 5.54 Å². The van der Waals surface area contributed by atoms with Gasteiger partial charge >= 0.3 is 0 Å². The lowest BCUT2D eigenvalue weighted by molar-refractivity contribution is 0.382. The molecular formula is C16H19NO2. The number of aromatic hydroxyl groups is 1. The fourth-order valence-corrected chi connectivity index (χ4v) is 2.18. The highest BCUT2D eigenvalue weighted by molar-refractivity contribution is 5.62. The Balaban J connectivity index is 2.85. The molecule has 0 bridgehead atoms. The van der Waals surface area contributed by atoms with Crippen molar-refractivity contribution in [2.24, 2.45) is 0 Å². The number of hydrogen-bond donors (Lipinski definition) is 1. The van der Waals surface area contributed by atoms with E-state index in [1.165, 1.54) is 0 Å². The Kier molecular flexibility index (Phi) is 3.23. The lowest BCUT2D eigenvalue weighted by Gasteiger charge is -2.27. The summed E-state index contributed by atoms with van der Waals surface area (Å²) in [5.41, 5.74) is 1.55. The Bertz CT molecular complexity index is 649. The van der Waals surface area contributed by atoms with Gasteiger partial charge < -0.3 is 9.67 Å². The molecular weight excluding hydrogens is 238 g/mol. The minimum absolute atomic E-state index is 0.0457. The zero-order chi connectivity index (χ0) is 14.2. The Hall–Kier alpha value is -2.03. The van der Waals surface area contributed by atoms with Crippen LogP contribution in [0.2, 0.25) is 0 Å².